The van der Waals surface area contributed by atoms with Crippen LogP contribution in [0.1, 0.15) is 23.0 Å². The average molecular weight is 380 g/mol. The highest BCUT2D eigenvalue weighted by molar-refractivity contribution is 6.01. The number of amides is 1. The van der Waals surface area contributed by atoms with E-state index in [1.165, 1.54) is 6.08 Å². The van der Waals surface area contributed by atoms with Gasteiger partial charge in [-0.05, 0) is 31.2 Å². The molecule has 144 valence electrons. The first-order chi connectivity index (χ1) is 13.6. The van der Waals surface area contributed by atoms with Gasteiger partial charge in [0.15, 0.2) is 0 Å². The molecule has 0 aliphatic carbocycles. The first-order valence-electron chi connectivity index (χ1n) is 8.98. The van der Waals surface area contributed by atoms with E-state index in [4.69, 9.17) is 13.9 Å². The second-order valence-electron chi connectivity index (χ2n) is 6.07. The molecule has 1 aromatic heterocycles. The van der Waals surface area contributed by atoms with Crippen molar-refractivity contribution in [1.29, 1.82) is 5.26 Å². The largest absolute Gasteiger partial charge is 0.462 e. The Labute approximate surface area is 162 Å². The molecule has 1 aromatic carbocycles. The fourth-order valence-corrected chi connectivity index (χ4v) is 2.79. The van der Waals surface area contributed by atoms with Crippen molar-refractivity contribution in [2.24, 2.45) is 0 Å². The summed E-state index contributed by atoms with van der Waals surface area (Å²) in [7, 11) is 0. The van der Waals surface area contributed by atoms with Crippen LogP contribution >= 0.6 is 0 Å². The molecular weight excluding hydrogens is 360 g/mol. The molecule has 2 heterocycles. The maximum Gasteiger partial charge on any atom is 0.338 e. The summed E-state index contributed by atoms with van der Waals surface area (Å²) >= 11 is 0. The van der Waals surface area contributed by atoms with Gasteiger partial charge in [0, 0.05) is 24.7 Å². The lowest BCUT2D eigenvalue weighted by Gasteiger charge is -2.26. The number of esters is 1. The van der Waals surface area contributed by atoms with E-state index in [0.717, 1.165) is 5.56 Å². The molecule has 7 heteroatoms. The summed E-state index contributed by atoms with van der Waals surface area (Å²) in [5.74, 6) is 0.264. The van der Waals surface area contributed by atoms with Crippen molar-refractivity contribution in [3.8, 4) is 17.4 Å². The molecule has 0 radical (unpaired) electrons. The molecule has 7 nitrogen and oxygen atoms in total. The minimum atomic E-state index is -0.377. The van der Waals surface area contributed by atoms with Gasteiger partial charge in [-0.15, -0.1) is 0 Å². The zero-order chi connectivity index (χ0) is 19.9. The zero-order valence-electron chi connectivity index (χ0n) is 15.5. The first kappa shape index (κ1) is 19.4. The van der Waals surface area contributed by atoms with Gasteiger partial charge in [0.25, 0.3) is 5.91 Å². The van der Waals surface area contributed by atoms with Crippen LogP contribution in [0, 0.1) is 11.3 Å². The summed E-state index contributed by atoms with van der Waals surface area (Å²) in [6.45, 7) is 3.94. The van der Waals surface area contributed by atoms with E-state index < -0.39 is 0 Å². The van der Waals surface area contributed by atoms with Crippen molar-refractivity contribution in [3.63, 3.8) is 0 Å². The fraction of sp³-hybridized carbons (Fsp3) is 0.286. The van der Waals surface area contributed by atoms with Crippen molar-refractivity contribution in [1.82, 2.24) is 4.90 Å². The van der Waals surface area contributed by atoms with Crippen molar-refractivity contribution in [2.75, 3.05) is 32.9 Å². The van der Waals surface area contributed by atoms with Gasteiger partial charge < -0.3 is 18.8 Å². The third-order valence-corrected chi connectivity index (χ3v) is 4.24. The molecular formula is C21H20N2O5. The van der Waals surface area contributed by atoms with Crippen LogP contribution in [0.4, 0.5) is 0 Å². The van der Waals surface area contributed by atoms with Crippen molar-refractivity contribution in [3.05, 3.63) is 53.3 Å². The van der Waals surface area contributed by atoms with Gasteiger partial charge in [-0.2, -0.15) is 5.26 Å². The number of carbonyl (C=O) groups is 2. The second-order valence-corrected chi connectivity index (χ2v) is 6.07. The number of hydrogen-bond acceptors (Lipinski definition) is 6. The molecule has 0 atom stereocenters. The minimum Gasteiger partial charge on any atom is -0.462 e. The van der Waals surface area contributed by atoms with E-state index in [0.29, 0.717) is 50.0 Å². The van der Waals surface area contributed by atoms with E-state index >= 15 is 0 Å². The summed E-state index contributed by atoms with van der Waals surface area (Å²) < 4.78 is 15.9. The van der Waals surface area contributed by atoms with Crippen LogP contribution in [-0.2, 0) is 14.3 Å². The van der Waals surface area contributed by atoms with E-state index in [1.54, 1.807) is 48.2 Å². The molecule has 1 aliphatic rings. The van der Waals surface area contributed by atoms with Crippen LogP contribution in [-0.4, -0.2) is 49.7 Å². The van der Waals surface area contributed by atoms with Gasteiger partial charge in [-0.25, -0.2) is 4.79 Å². The first-order valence-corrected chi connectivity index (χ1v) is 8.98. The van der Waals surface area contributed by atoms with Gasteiger partial charge in [0.05, 0.1) is 25.4 Å². The van der Waals surface area contributed by atoms with Gasteiger partial charge in [0.1, 0.15) is 23.2 Å². The summed E-state index contributed by atoms with van der Waals surface area (Å²) in [5.41, 5.74) is 1.24. The van der Waals surface area contributed by atoms with E-state index in [9.17, 15) is 14.9 Å². The van der Waals surface area contributed by atoms with Crippen LogP contribution < -0.4 is 0 Å². The molecule has 1 fully saturated rings. The minimum absolute atomic E-state index is 0.0143. The molecule has 28 heavy (non-hydrogen) atoms. The van der Waals surface area contributed by atoms with Gasteiger partial charge in [0.2, 0.25) is 0 Å². The van der Waals surface area contributed by atoms with Crippen molar-refractivity contribution >= 4 is 18.0 Å². The summed E-state index contributed by atoms with van der Waals surface area (Å²) in [5, 5.41) is 9.36. The van der Waals surface area contributed by atoms with Gasteiger partial charge in [-0.3, -0.25) is 4.79 Å². The van der Waals surface area contributed by atoms with Crippen LogP contribution in [0.5, 0.6) is 0 Å². The Morgan fingerprint density at radius 3 is 2.54 bits per heavy atom. The lowest BCUT2D eigenvalue weighted by atomic mass is 10.1. The third kappa shape index (κ3) is 4.48. The van der Waals surface area contributed by atoms with Gasteiger partial charge in [-0.1, -0.05) is 12.1 Å². The summed E-state index contributed by atoms with van der Waals surface area (Å²) in [6.07, 6.45) is 1.44. The molecule has 1 amide bonds. The highest BCUT2D eigenvalue weighted by Crippen LogP contribution is 2.24. The number of morpholine rings is 1. The summed E-state index contributed by atoms with van der Waals surface area (Å²) in [6, 6.07) is 12.2. The predicted molar refractivity (Wildman–Crippen MR) is 101 cm³/mol. The lowest BCUT2D eigenvalue weighted by Crippen LogP contribution is -2.41. The Kier molecular flexibility index (Phi) is 6.25. The third-order valence-electron chi connectivity index (χ3n) is 4.24. The van der Waals surface area contributed by atoms with E-state index in [1.807, 2.05) is 6.07 Å². The molecule has 3 rings (SSSR count). The number of rotatable bonds is 5. The molecule has 0 saturated carbocycles. The number of nitrogens with zero attached hydrogens (tertiary/aromatic N) is 2. The van der Waals surface area contributed by atoms with Crippen LogP contribution in [0.15, 0.2) is 46.4 Å². The Bertz CT molecular complexity index is 915. The molecule has 0 bridgehead atoms. The molecule has 1 saturated heterocycles. The second kappa shape index (κ2) is 9.02. The molecule has 1 aliphatic heterocycles. The van der Waals surface area contributed by atoms with Crippen LogP contribution in [0.3, 0.4) is 0 Å². The average Bonchev–Trinajstić information content (AvgIpc) is 3.21. The maximum atomic E-state index is 12.5. The Hall–Kier alpha value is -3.37. The van der Waals surface area contributed by atoms with E-state index in [2.05, 4.69) is 0 Å². The highest BCUT2D eigenvalue weighted by atomic mass is 16.5. The maximum absolute atomic E-state index is 12.5. The Balaban J connectivity index is 1.75. The number of furan rings is 1. The van der Waals surface area contributed by atoms with Crippen LogP contribution in [0.25, 0.3) is 17.4 Å². The molecule has 0 N–H and O–H groups in total. The Morgan fingerprint density at radius 1 is 1.18 bits per heavy atom. The SMILES string of the molecule is CCOC(=O)c1ccc(-c2ccc(/C=C(\C#N)C(=O)N3CCOCC3)o2)cc1. The van der Waals surface area contributed by atoms with E-state index in [-0.39, 0.29) is 17.4 Å². The quantitative estimate of drug-likeness (QED) is 0.450. The standard InChI is InChI=1S/C21H20N2O5/c1-2-27-21(25)16-5-3-15(4-6-16)19-8-7-18(28-19)13-17(14-22)20(24)23-9-11-26-12-10-23/h3-8,13H,2,9-12H2,1H3/b17-13+. The number of nitriles is 1. The zero-order valence-corrected chi connectivity index (χ0v) is 15.5. The smallest absolute Gasteiger partial charge is 0.338 e. The number of carbonyl (C=O) groups excluding carboxylic acids is 2. The number of hydrogen-bond donors (Lipinski definition) is 0. The molecule has 0 unspecified atom stereocenters. The van der Waals surface area contributed by atoms with Crippen LogP contribution in [0.2, 0.25) is 0 Å². The number of benzene rings is 1. The summed E-state index contributed by atoms with van der Waals surface area (Å²) in [4.78, 5) is 25.8. The van der Waals surface area contributed by atoms with Crippen molar-refractivity contribution in [2.45, 2.75) is 6.92 Å². The fourth-order valence-electron chi connectivity index (χ4n) is 2.79. The Morgan fingerprint density at radius 2 is 1.89 bits per heavy atom. The topological polar surface area (TPSA) is 92.8 Å². The van der Waals surface area contributed by atoms with Gasteiger partial charge >= 0.3 is 5.97 Å². The monoisotopic (exact) mass is 380 g/mol. The lowest BCUT2D eigenvalue weighted by molar-refractivity contribution is -0.130. The van der Waals surface area contributed by atoms with Crippen molar-refractivity contribution < 1.29 is 23.5 Å². The highest BCUT2D eigenvalue weighted by Gasteiger charge is 2.21. The predicted octanol–water partition coefficient (Wildman–Crippen LogP) is 2.89. The number of ether oxygens (including phenoxy) is 2. The molecule has 2 aromatic rings. The molecule has 0 spiro atoms. The normalized spacial score (nSPS) is 14.4.